The van der Waals surface area contributed by atoms with Crippen molar-refractivity contribution in [1.82, 2.24) is 0 Å². The summed E-state index contributed by atoms with van der Waals surface area (Å²) in [5, 5.41) is 9.02. The summed E-state index contributed by atoms with van der Waals surface area (Å²) in [5.41, 5.74) is 0. The van der Waals surface area contributed by atoms with Gasteiger partial charge in [-0.1, -0.05) is 0 Å². The Morgan fingerprint density at radius 2 is 2.50 bits per heavy atom. The fraction of sp³-hybridized carbons (Fsp3) is 0.833. The standard InChI is InChI=1S/C6H9ClO3/c7-3-5-1-4(8)2-6(9)10-5/h4-5,8H,1-3H2. The van der Waals surface area contributed by atoms with Crippen LogP contribution in [0.2, 0.25) is 0 Å². The van der Waals surface area contributed by atoms with Gasteiger partial charge in [-0.05, 0) is 0 Å². The zero-order valence-electron chi connectivity index (χ0n) is 5.42. The van der Waals surface area contributed by atoms with Gasteiger partial charge in [-0.15, -0.1) is 11.6 Å². The zero-order chi connectivity index (χ0) is 7.56. The highest BCUT2D eigenvalue weighted by Crippen LogP contribution is 2.15. The van der Waals surface area contributed by atoms with E-state index in [1.165, 1.54) is 0 Å². The van der Waals surface area contributed by atoms with Crippen LogP contribution in [0.25, 0.3) is 0 Å². The van der Waals surface area contributed by atoms with Gasteiger partial charge in [-0.3, -0.25) is 4.79 Å². The lowest BCUT2D eigenvalue weighted by atomic mass is 10.1. The van der Waals surface area contributed by atoms with Gasteiger partial charge >= 0.3 is 5.97 Å². The first kappa shape index (κ1) is 7.82. The molecule has 3 nitrogen and oxygen atoms in total. The van der Waals surface area contributed by atoms with E-state index in [9.17, 15) is 4.79 Å². The van der Waals surface area contributed by atoms with Gasteiger partial charge in [0.1, 0.15) is 6.10 Å². The number of aliphatic hydroxyl groups excluding tert-OH is 1. The van der Waals surface area contributed by atoms with E-state index in [1.54, 1.807) is 0 Å². The Morgan fingerprint density at radius 3 is 3.00 bits per heavy atom. The Hall–Kier alpha value is -0.280. The average molecular weight is 165 g/mol. The van der Waals surface area contributed by atoms with Crippen LogP contribution >= 0.6 is 11.6 Å². The van der Waals surface area contributed by atoms with Gasteiger partial charge in [0.2, 0.25) is 0 Å². The first-order valence-corrected chi connectivity index (χ1v) is 3.69. The minimum atomic E-state index is -0.565. The summed E-state index contributed by atoms with van der Waals surface area (Å²) < 4.78 is 4.78. The van der Waals surface area contributed by atoms with Crippen molar-refractivity contribution < 1.29 is 14.6 Å². The molecule has 0 aliphatic carbocycles. The summed E-state index contributed by atoms with van der Waals surface area (Å²) in [6, 6.07) is 0. The lowest BCUT2D eigenvalue weighted by Gasteiger charge is -2.23. The first-order chi connectivity index (χ1) is 4.72. The highest BCUT2D eigenvalue weighted by molar-refractivity contribution is 6.18. The van der Waals surface area contributed by atoms with Gasteiger partial charge in [-0.25, -0.2) is 0 Å². The summed E-state index contributed by atoms with van der Waals surface area (Å²) in [7, 11) is 0. The van der Waals surface area contributed by atoms with Crippen LogP contribution in [-0.4, -0.2) is 29.2 Å². The predicted octanol–water partition coefficient (Wildman–Crippen LogP) is 0.292. The summed E-state index contributed by atoms with van der Waals surface area (Å²) in [5.74, 6) is -0.0904. The average Bonchev–Trinajstić information content (AvgIpc) is 1.85. The summed E-state index contributed by atoms with van der Waals surface area (Å²) in [4.78, 5) is 10.6. The number of hydrogen-bond donors (Lipinski definition) is 1. The van der Waals surface area contributed by atoms with E-state index in [1.807, 2.05) is 0 Å². The number of aliphatic hydroxyl groups is 1. The molecule has 0 aromatic rings. The molecule has 1 rings (SSSR count). The lowest BCUT2D eigenvalue weighted by Crippen LogP contribution is -2.33. The maximum Gasteiger partial charge on any atom is 0.308 e. The van der Waals surface area contributed by atoms with Gasteiger partial charge in [-0.2, -0.15) is 0 Å². The van der Waals surface area contributed by atoms with Crippen LogP contribution in [0.1, 0.15) is 12.8 Å². The topological polar surface area (TPSA) is 46.5 Å². The fourth-order valence-corrected chi connectivity index (χ4v) is 1.14. The molecule has 0 bridgehead atoms. The molecule has 2 atom stereocenters. The third-order valence-corrected chi connectivity index (χ3v) is 1.75. The Morgan fingerprint density at radius 1 is 1.80 bits per heavy atom. The van der Waals surface area contributed by atoms with Crippen molar-refractivity contribution in [2.24, 2.45) is 0 Å². The maximum atomic E-state index is 10.6. The number of hydrogen-bond acceptors (Lipinski definition) is 3. The second-order valence-corrected chi connectivity index (χ2v) is 2.67. The quantitative estimate of drug-likeness (QED) is 0.448. The van der Waals surface area contributed by atoms with Crippen molar-refractivity contribution in [2.75, 3.05) is 5.88 Å². The SMILES string of the molecule is O=C1CC(O)CC(CCl)O1. The Labute approximate surface area is 63.9 Å². The van der Waals surface area contributed by atoms with Gasteiger partial charge < -0.3 is 9.84 Å². The molecule has 1 N–H and O–H groups in total. The van der Waals surface area contributed by atoms with Crippen LogP contribution in [0.3, 0.4) is 0 Å². The number of halogens is 1. The van der Waals surface area contributed by atoms with Crippen LogP contribution in [0.15, 0.2) is 0 Å². The molecule has 0 aromatic heterocycles. The van der Waals surface area contributed by atoms with Gasteiger partial charge in [0.15, 0.2) is 0 Å². The molecule has 0 aromatic carbocycles. The molecular formula is C6H9ClO3. The molecule has 1 saturated heterocycles. The molecule has 4 heteroatoms. The molecule has 2 unspecified atom stereocenters. The lowest BCUT2D eigenvalue weighted by molar-refractivity contribution is -0.158. The second kappa shape index (κ2) is 3.21. The second-order valence-electron chi connectivity index (χ2n) is 2.36. The largest absolute Gasteiger partial charge is 0.461 e. The van der Waals surface area contributed by atoms with E-state index in [0.717, 1.165) is 0 Å². The maximum absolute atomic E-state index is 10.6. The normalized spacial score (nSPS) is 33.6. The number of cyclic esters (lactones) is 1. The molecule has 0 radical (unpaired) electrons. The smallest absolute Gasteiger partial charge is 0.308 e. The van der Waals surface area contributed by atoms with Crippen molar-refractivity contribution in [1.29, 1.82) is 0 Å². The first-order valence-electron chi connectivity index (χ1n) is 3.16. The van der Waals surface area contributed by atoms with E-state index in [0.29, 0.717) is 6.42 Å². The molecule has 1 aliphatic heterocycles. The molecule has 1 aliphatic rings. The Bertz CT molecular complexity index is 137. The highest BCUT2D eigenvalue weighted by atomic mass is 35.5. The molecule has 0 saturated carbocycles. The molecule has 1 fully saturated rings. The fourth-order valence-electron chi connectivity index (χ4n) is 0.956. The van der Waals surface area contributed by atoms with Crippen LogP contribution < -0.4 is 0 Å². The van der Waals surface area contributed by atoms with Crippen molar-refractivity contribution in [3.8, 4) is 0 Å². The number of carbonyl (C=O) groups excluding carboxylic acids is 1. The van der Waals surface area contributed by atoms with Crippen LogP contribution in [0.4, 0.5) is 0 Å². The summed E-state index contributed by atoms with van der Waals surface area (Å²) in [6.07, 6.45) is -0.286. The third-order valence-electron chi connectivity index (χ3n) is 1.41. The molecular weight excluding hydrogens is 156 g/mol. The number of esters is 1. The monoisotopic (exact) mass is 164 g/mol. The molecule has 58 valence electrons. The third kappa shape index (κ3) is 1.85. The minimum absolute atomic E-state index is 0.105. The van der Waals surface area contributed by atoms with E-state index >= 15 is 0 Å². The number of ether oxygens (including phenoxy) is 1. The molecule has 0 spiro atoms. The van der Waals surface area contributed by atoms with Gasteiger partial charge in [0.05, 0.1) is 18.4 Å². The van der Waals surface area contributed by atoms with Crippen molar-refractivity contribution in [3.63, 3.8) is 0 Å². The summed E-state index contributed by atoms with van der Waals surface area (Å²) in [6.45, 7) is 0. The molecule has 10 heavy (non-hydrogen) atoms. The van der Waals surface area contributed by atoms with E-state index in [-0.39, 0.29) is 24.4 Å². The van der Waals surface area contributed by atoms with Crippen LogP contribution in [0, 0.1) is 0 Å². The van der Waals surface area contributed by atoms with E-state index in [2.05, 4.69) is 0 Å². The van der Waals surface area contributed by atoms with Crippen molar-refractivity contribution in [3.05, 3.63) is 0 Å². The Balaban J connectivity index is 2.42. The molecule has 1 heterocycles. The number of rotatable bonds is 1. The van der Waals surface area contributed by atoms with Gasteiger partial charge in [0, 0.05) is 6.42 Å². The summed E-state index contributed by atoms with van der Waals surface area (Å²) >= 11 is 5.42. The minimum Gasteiger partial charge on any atom is -0.461 e. The van der Waals surface area contributed by atoms with Crippen LogP contribution in [-0.2, 0) is 9.53 Å². The zero-order valence-corrected chi connectivity index (χ0v) is 6.17. The van der Waals surface area contributed by atoms with E-state index < -0.39 is 6.10 Å². The van der Waals surface area contributed by atoms with Gasteiger partial charge in [0.25, 0.3) is 0 Å². The van der Waals surface area contributed by atoms with Crippen molar-refractivity contribution >= 4 is 17.6 Å². The van der Waals surface area contributed by atoms with Crippen molar-refractivity contribution in [2.45, 2.75) is 25.0 Å². The van der Waals surface area contributed by atoms with E-state index in [4.69, 9.17) is 21.4 Å². The predicted molar refractivity (Wildman–Crippen MR) is 35.8 cm³/mol. The Kier molecular flexibility index (Phi) is 2.51. The number of alkyl halides is 1. The molecule has 0 amide bonds. The number of carbonyl (C=O) groups is 1. The highest BCUT2D eigenvalue weighted by Gasteiger charge is 2.25. The van der Waals surface area contributed by atoms with Crippen LogP contribution in [0.5, 0.6) is 0 Å².